The number of aromatic nitrogens is 2. The smallest absolute Gasteiger partial charge is 0.266 e. The van der Waals surface area contributed by atoms with E-state index in [9.17, 15) is 13.2 Å². The van der Waals surface area contributed by atoms with Gasteiger partial charge >= 0.3 is 0 Å². The number of ether oxygens (including phenoxy) is 2. The standard InChI is InChI=1S/C27H31ClN4O5S/c1-17-26(27(28)31(2)29-17)38(34,35)30-20-7-6-8-21(15-20)32-16-19(14-25(32)33)18-11-12-23(36-3)24(13-18)37-22-9-4-5-10-22/h6-8,11-13,15,19,22,30H,4-5,9-10,14,16H2,1-3H3. The molecule has 1 aliphatic heterocycles. The average molecular weight is 559 g/mol. The van der Waals surface area contributed by atoms with Crippen LogP contribution in [0.3, 0.4) is 0 Å². The summed E-state index contributed by atoms with van der Waals surface area (Å²) in [5.74, 6) is 1.33. The summed E-state index contributed by atoms with van der Waals surface area (Å²) in [7, 11) is -0.770. The molecule has 1 aliphatic carbocycles. The summed E-state index contributed by atoms with van der Waals surface area (Å²) in [5, 5.41) is 4.11. The molecular weight excluding hydrogens is 528 g/mol. The van der Waals surface area contributed by atoms with E-state index in [2.05, 4.69) is 9.82 Å². The first kappa shape index (κ1) is 26.4. The molecule has 2 aromatic carbocycles. The Hall–Kier alpha value is -3.24. The number of nitrogens with zero attached hydrogens (tertiary/aromatic N) is 3. The van der Waals surface area contributed by atoms with E-state index in [0.29, 0.717) is 41.5 Å². The number of nitrogens with one attached hydrogen (secondary N) is 1. The van der Waals surface area contributed by atoms with Gasteiger partial charge in [-0.3, -0.25) is 14.2 Å². The second-order valence-electron chi connectivity index (χ2n) is 9.82. The van der Waals surface area contributed by atoms with Crippen LogP contribution in [-0.2, 0) is 21.9 Å². The molecule has 1 unspecified atom stereocenters. The molecule has 11 heteroatoms. The van der Waals surface area contributed by atoms with Crippen molar-refractivity contribution in [3.63, 3.8) is 0 Å². The van der Waals surface area contributed by atoms with Crippen molar-refractivity contribution in [2.45, 2.75) is 55.9 Å². The second-order valence-corrected chi connectivity index (χ2v) is 11.8. The number of halogens is 1. The van der Waals surface area contributed by atoms with Gasteiger partial charge in [0.05, 0.1) is 24.6 Å². The first-order chi connectivity index (χ1) is 18.2. The number of sulfonamides is 1. The number of hydrogen-bond donors (Lipinski definition) is 1. The molecule has 1 saturated heterocycles. The molecule has 2 fully saturated rings. The van der Waals surface area contributed by atoms with Gasteiger partial charge in [-0.15, -0.1) is 0 Å². The van der Waals surface area contributed by atoms with Crippen LogP contribution >= 0.6 is 11.6 Å². The maximum absolute atomic E-state index is 13.1. The predicted molar refractivity (Wildman–Crippen MR) is 146 cm³/mol. The van der Waals surface area contributed by atoms with Crippen LogP contribution in [0.4, 0.5) is 11.4 Å². The Bertz CT molecular complexity index is 1470. The molecule has 0 spiro atoms. The SMILES string of the molecule is COc1ccc(C2CC(=O)N(c3cccc(NS(=O)(=O)c4c(C)nn(C)c4Cl)c3)C2)cc1OC1CCCC1. The maximum atomic E-state index is 13.1. The van der Waals surface area contributed by atoms with Gasteiger partial charge in [-0.25, -0.2) is 8.42 Å². The zero-order valence-electron chi connectivity index (χ0n) is 21.6. The monoisotopic (exact) mass is 558 g/mol. The predicted octanol–water partition coefficient (Wildman–Crippen LogP) is 5.03. The fraction of sp³-hybridized carbons (Fsp3) is 0.407. The normalized spacial score (nSPS) is 18.3. The molecule has 1 saturated carbocycles. The molecule has 2 aliphatic rings. The Morgan fingerprint density at radius 3 is 2.55 bits per heavy atom. The van der Waals surface area contributed by atoms with Crippen molar-refractivity contribution >= 4 is 38.9 Å². The van der Waals surface area contributed by atoms with Crippen LogP contribution in [0.2, 0.25) is 5.15 Å². The number of carbonyl (C=O) groups is 1. The van der Waals surface area contributed by atoms with Crippen molar-refractivity contribution in [3.05, 3.63) is 58.9 Å². The first-order valence-electron chi connectivity index (χ1n) is 12.6. The first-order valence-corrected chi connectivity index (χ1v) is 14.5. The third-order valence-corrected chi connectivity index (χ3v) is 9.24. The number of amides is 1. The molecule has 202 valence electrons. The minimum absolute atomic E-state index is 0.0273. The minimum Gasteiger partial charge on any atom is -0.493 e. The van der Waals surface area contributed by atoms with Gasteiger partial charge in [0.1, 0.15) is 10.0 Å². The topological polar surface area (TPSA) is 103 Å². The molecule has 1 N–H and O–H groups in total. The molecular formula is C27H31ClN4O5S. The number of benzene rings is 2. The lowest BCUT2D eigenvalue weighted by molar-refractivity contribution is -0.117. The fourth-order valence-corrected chi connectivity index (χ4v) is 7.07. The van der Waals surface area contributed by atoms with Crippen molar-refractivity contribution in [3.8, 4) is 11.5 Å². The van der Waals surface area contributed by atoms with Gasteiger partial charge in [-0.2, -0.15) is 5.10 Å². The Balaban J connectivity index is 1.35. The van der Waals surface area contributed by atoms with E-state index >= 15 is 0 Å². The highest BCUT2D eigenvalue weighted by atomic mass is 35.5. The molecule has 38 heavy (non-hydrogen) atoms. The van der Waals surface area contributed by atoms with E-state index in [1.165, 1.54) is 17.5 Å². The van der Waals surface area contributed by atoms with Gasteiger partial charge in [0.2, 0.25) is 5.91 Å². The van der Waals surface area contributed by atoms with E-state index < -0.39 is 10.0 Å². The Kier molecular flexibility index (Phi) is 7.28. The van der Waals surface area contributed by atoms with Crippen LogP contribution in [0.5, 0.6) is 11.5 Å². The molecule has 3 aromatic rings. The van der Waals surface area contributed by atoms with Crippen LogP contribution in [0, 0.1) is 6.92 Å². The Labute approximate surface area is 227 Å². The van der Waals surface area contributed by atoms with Gasteiger partial charge in [0, 0.05) is 31.6 Å². The molecule has 0 bridgehead atoms. The third-order valence-electron chi connectivity index (χ3n) is 7.16. The lowest BCUT2D eigenvalue weighted by Gasteiger charge is -2.20. The number of anilines is 2. The molecule has 5 rings (SSSR count). The summed E-state index contributed by atoms with van der Waals surface area (Å²) in [4.78, 5) is 14.7. The van der Waals surface area contributed by atoms with Crippen molar-refractivity contribution in [1.29, 1.82) is 0 Å². The molecule has 1 atom stereocenters. The number of rotatable bonds is 8. The van der Waals surface area contributed by atoms with E-state index in [-0.39, 0.29) is 28.0 Å². The number of hydrogen-bond acceptors (Lipinski definition) is 6. The quantitative estimate of drug-likeness (QED) is 0.416. The summed E-state index contributed by atoms with van der Waals surface area (Å²) in [6, 6.07) is 12.7. The minimum atomic E-state index is -3.98. The zero-order valence-corrected chi connectivity index (χ0v) is 23.2. The third kappa shape index (κ3) is 5.19. The van der Waals surface area contributed by atoms with Crippen molar-refractivity contribution in [2.75, 3.05) is 23.3 Å². The Morgan fingerprint density at radius 1 is 1.11 bits per heavy atom. The number of carbonyl (C=O) groups excluding carboxylic acids is 1. The highest BCUT2D eigenvalue weighted by Crippen LogP contribution is 2.38. The van der Waals surface area contributed by atoms with Gasteiger partial charge in [0.25, 0.3) is 10.0 Å². The fourth-order valence-electron chi connectivity index (χ4n) is 5.26. The molecule has 1 amide bonds. The highest BCUT2D eigenvalue weighted by Gasteiger charge is 2.33. The van der Waals surface area contributed by atoms with Gasteiger partial charge in [-0.05, 0) is 68.5 Å². The Morgan fingerprint density at radius 2 is 1.87 bits per heavy atom. The lowest BCUT2D eigenvalue weighted by atomic mass is 9.98. The van der Waals surface area contributed by atoms with Crippen LogP contribution < -0.4 is 19.1 Å². The van der Waals surface area contributed by atoms with E-state index in [1.807, 2.05) is 18.2 Å². The lowest BCUT2D eigenvalue weighted by Crippen LogP contribution is -2.24. The zero-order chi connectivity index (χ0) is 27.0. The number of aryl methyl sites for hydroxylation is 2. The summed E-state index contributed by atoms with van der Waals surface area (Å²) in [6.07, 6.45) is 4.95. The summed E-state index contributed by atoms with van der Waals surface area (Å²) >= 11 is 6.18. The van der Waals surface area contributed by atoms with Crippen LogP contribution in [-0.4, -0.2) is 43.9 Å². The largest absolute Gasteiger partial charge is 0.493 e. The maximum Gasteiger partial charge on any atom is 0.266 e. The van der Waals surface area contributed by atoms with E-state index in [1.54, 1.807) is 50.2 Å². The van der Waals surface area contributed by atoms with Gasteiger partial charge in [-0.1, -0.05) is 23.7 Å². The average Bonchev–Trinajstić information content (AvgIpc) is 3.59. The molecule has 9 nitrogen and oxygen atoms in total. The van der Waals surface area contributed by atoms with Gasteiger partial charge in [0.15, 0.2) is 11.5 Å². The summed E-state index contributed by atoms with van der Waals surface area (Å²) in [5.41, 5.74) is 2.25. The van der Waals surface area contributed by atoms with Crippen molar-refractivity contribution in [2.24, 2.45) is 7.05 Å². The number of methoxy groups -OCH3 is 1. The summed E-state index contributed by atoms with van der Waals surface area (Å²) in [6.45, 7) is 2.06. The van der Waals surface area contributed by atoms with Crippen LogP contribution in [0.25, 0.3) is 0 Å². The molecule has 1 aromatic heterocycles. The van der Waals surface area contributed by atoms with E-state index in [0.717, 1.165) is 18.4 Å². The van der Waals surface area contributed by atoms with E-state index in [4.69, 9.17) is 21.1 Å². The summed E-state index contributed by atoms with van der Waals surface area (Å²) < 4.78 is 41.7. The van der Waals surface area contributed by atoms with Crippen LogP contribution in [0.15, 0.2) is 47.4 Å². The van der Waals surface area contributed by atoms with Gasteiger partial charge < -0.3 is 14.4 Å². The highest BCUT2D eigenvalue weighted by molar-refractivity contribution is 7.92. The second kappa shape index (κ2) is 10.5. The van der Waals surface area contributed by atoms with Crippen molar-refractivity contribution < 1.29 is 22.7 Å². The van der Waals surface area contributed by atoms with Crippen LogP contribution in [0.1, 0.15) is 49.3 Å². The molecule has 2 heterocycles. The van der Waals surface area contributed by atoms with Crippen molar-refractivity contribution in [1.82, 2.24) is 9.78 Å². The molecule has 0 radical (unpaired) electrons.